The molecule has 1 heterocycles. The Balaban J connectivity index is 2.10. The van der Waals surface area contributed by atoms with Crippen molar-refractivity contribution in [1.29, 1.82) is 5.26 Å². The van der Waals surface area contributed by atoms with Gasteiger partial charge < -0.3 is 19.8 Å². The van der Waals surface area contributed by atoms with Crippen molar-refractivity contribution in [3.05, 3.63) is 40.3 Å². The second kappa shape index (κ2) is 9.47. The molecule has 0 radical (unpaired) electrons. The maximum absolute atomic E-state index is 15.3. The molecule has 0 spiro atoms. The smallest absolute Gasteiger partial charge is 0.405 e. The molecule has 0 fully saturated rings. The van der Waals surface area contributed by atoms with Gasteiger partial charge in [-0.2, -0.15) is 5.26 Å². The normalized spacial score (nSPS) is 16.7. The number of carbonyl (C=O) groups excluding carboxylic acids is 1. The number of carbonyl (C=O) groups is 1. The van der Waals surface area contributed by atoms with Crippen LogP contribution in [0.4, 0.5) is 9.18 Å². The van der Waals surface area contributed by atoms with E-state index in [2.05, 4.69) is 25.7 Å². The summed E-state index contributed by atoms with van der Waals surface area (Å²) in [5.41, 5.74) is 9.25. The lowest BCUT2D eigenvalue weighted by Gasteiger charge is -2.22. The summed E-state index contributed by atoms with van der Waals surface area (Å²) in [5.74, 6) is -0.445. The Kier molecular flexibility index (Phi) is 7.11. The number of nitrogens with two attached hydrogens (primary N) is 1. The van der Waals surface area contributed by atoms with E-state index in [4.69, 9.17) is 15.2 Å². The maximum Gasteiger partial charge on any atom is 0.405 e. The number of nitriles is 1. The molecule has 2 N–H and O–H groups in total. The second-order valence-electron chi connectivity index (χ2n) is 9.66. The molecule has 0 saturated carbocycles. The van der Waals surface area contributed by atoms with Crippen molar-refractivity contribution in [1.82, 2.24) is 4.57 Å². The molecule has 6 nitrogen and oxygen atoms in total. The van der Waals surface area contributed by atoms with Crippen molar-refractivity contribution in [3.8, 4) is 6.07 Å². The van der Waals surface area contributed by atoms with Crippen molar-refractivity contribution in [2.24, 2.45) is 5.73 Å². The summed E-state index contributed by atoms with van der Waals surface area (Å²) in [4.78, 5) is 11.2. The lowest BCUT2D eigenvalue weighted by molar-refractivity contribution is 0.0889. The molecule has 0 unspecified atom stereocenters. The van der Waals surface area contributed by atoms with Gasteiger partial charge >= 0.3 is 6.09 Å². The maximum atomic E-state index is 15.3. The van der Waals surface area contributed by atoms with Crippen LogP contribution in [0.2, 0.25) is 25.7 Å². The third-order valence-electron chi connectivity index (χ3n) is 6.09. The number of aromatic nitrogens is 1. The Morgan fingerprint density at radius 1 is 1.38 bits per heavy atom. The standard InChI is InChI=1S/C24H32FN3O3Si/c1-15-16(2)28(14-30-9-10-32(3,4)5)23-18(13-26)12-20(25)22(21(15)23)17-7-6-8-19(11-17)31-24(27)29/h11-12,19H,6-10,14H2,1-5H3,(H2,27,29)/t19-/m0/s1. The van der Waals surface area contributed by atoms with Crippen molar-refractivity contribution < 1.29 is 18.7 Å². The van der Waals surface area contributed by atoms with Crippen LogP contribution < -0.4 is 5.73 Å². The molecule has 1 amide bonds. The van der Waals surface area contributed by atoms with E-state index in [0.29, 0.717) is 37.3 Å². The quantitative estimate of drug-likeness (QED) is 0.432. The largest absolute Gasteiger partial charge is 0.442 e. The van der Waals surface area contributed by atoms with Crippen LogP contribution in [0.25, 0.3) is 16.5 Å². The number of hydrogen-bond donors (Lipinski definition) is 1. The molecule has 3 rings (SSSR count). The van der Waals surface area contributed by atoms with Gasteiger partial charge in [-0.1, -0.05) is 19.6 Å². The van der Waals surface area contributed by atoms with Gasteiger partial charge in [-0.15, -0.1) is 0 Å². The number of nitrogens with zero attached hydrogens (tertiary/aromatic N) is 2. The number of primary amides is 1. The molecule has 8 heteroatoms. The lowest BCUT2D eigenvalue weighted by atomic mass is 9.88. The Morgan fingerprint density at radius 2 is 2.09 bits per heavy atom. The summed E-state index contributed by atoms with van der Waals surface area (Å²) in [6.07, 6.45) is 2.53. The Hall–Kier alpha value is -2.63. The van der Waals surface area contributed by atoms with E-state index in [1.807, 2.05) is 18.4 Å². The number of rotatable bonds is 7. The van der Waals surface area contributed by atoms with Gasteiger partial charge in [0.05, 0.1) is 11.1 Å². The number of hydrogen-bond acceptors (Lipinski definition) is 4. The predicted octanol–water partition coefficient (Wildman–Crippen LogP) is 5.61. The minimum atomic E-state index is -1.22. The number of halogens is 1. The van der Waals surface area contributed by atoms with Crippen molar-refractivity contribution >= 4 is 30.6 Å². The summed E-state index contributed by atoms with van der Waals surface area (Å²) in [6.45, 7) is 11.8. The molecule has 1 aromatic carbocycles. The van der Waals surface area contributed by atoms with Crippen LogP contribution in [0, 0.1) is 31.0 Å². The van der Waals surface area contributed by atoms with Gasteiger partial charge in [0.2, 0.25) is 0 Å². The molecule has 32 heavy (non-hydrogen) atoms. The average Bonchev–Trinajstić information content (AvgIpc) is 2.94. The number of ether oxygens (including phenoxy) is 2. The van der Waals surface area contributed by atoms with Crippen molar-refractivity contribution in [3.63, 3.8) is 0 Å². The molecule has 0 aliphatic heterocycles. The SMILES string of the molecule is Cc1c(C)n(COCC[Si](C)(C)C)c2c(C#N)cc(F)c(C3=C[C@@H](OC(N)=O)CCC3)c12. The van der Waals surface area contributed by atoms with E-state index in [1.54, 1.807) is 6.08 Å². The highest BCUT2D eigenvalue weighted by atomic mass is 28.3. The van der Waals surface area contributed by atoms with Crippen LogP contribution >= 0.6 is 0 Å². The first kappa shape index (κ1) is 24.0. The molecular formula is C24H32FN3O3Si. The van der Waals surface area contributed by atoms with Gasteiger partial charge in [0.1, 0.15) is 24.7 Å². The van der Waals surface area contributed by atoms with Crippen LogP contribution in [-0.2, 0) is 16.2 Å². The Bertz CT molecular complexity index is 1110. The summed E-state index contributed by atoms with van der Waals surface area (Å²) in [5, 5.41) is 10.5. The van der Waals surface area contributed by atoms with E-state index in [-0.39, 0.29) is 5.56 Å². The number of allylic oxidation sites excluding steroid dienone is 1. The zero-order valence-electron chi connectivity index (χ0n) is 19.5. The van der Waals surface area contributed by atoms with E-state index in [0.717, 1.165) is 34.7 Å². The number of fused-ring (bicyclic) bond motifs is 1. The van der Waals surface area contributed by atoms with E-state index in [9.17, 15) is 10.1 Å². The molecular weight excluding hydrogens is 425 g/mol. The molecule has 2 aromatic rings. The average molecular weight is 458 g/mol. The van der Waals surface area contributed by atoms with Gasteiger partial charge in [-0.05, 0) is 62.4 Å². The van der Waals surface area contributed by atoms with Crippen LogP contribution in [0.5, 0.6) is 0 Å². The molecule has 0 saturated heterocycles. The van der Waals surface area contributed by atoms with Gasteiger partial charge in [-0.3, -0.25) is 0 Å². The summed E-state index contributed by atoms with van der Waals surface area (Å²) >= 11 is 0. The summed E-state index contributed by atoms with van der Waals surface area (Å²) < 4.78 is 28.4. The predicted molar refractivity (Wildman–Crippen MR) is 126 cm³/mol. The molecule has 1 atom stereocenters. The third-order valence-corrected chi connectivity index (χ3v) is 7.80. The number of amides is 1. The molecule has 1 aliphatic rings. The highest BCUT2D eigenvalue weighted by molar-refractivity contribution is 6.76. The Labute approximate surface area is 189 Å². The van der Waals surface area contributed by atoms with E-state index < -0.39 is 26.1 Å². The number of aryl methyl sites for hydroxylation is 1. The molecule has 0 bridgehead atoms. The van der Waals surface area contributed by atoms with Crippen LogP contribution in [0.15, 0.2) is 12.1 Å². The first-order valence-electron chi connectivity index (χ1n) is 11.0. The topological polar surface area (TPSA) is 90.3 Å². The van der Waals surface area contributed by atoms with Crippen molar-refractivity contribution in [2.75, 3.05) is 6.61 Å². The lowest BCUT2D eigenvalue weighted by Crippen LogP contribution is -2.23. The highest BCUT2D eigenvalue weighted by Crippen LogP contribution is 2.39. The van der Waals surface area contributed by atoms with Crippen LogP contribution in [-0.4, -0.2) is 31.4 Å². The van der Waals surface area contributed by atoms with E-state index >= 15 is 4.39 Å². The van der Waals surface area contributed by atoms with Crippen LogP contribution in [0.3, 0.4) is 0 Å². The first-order valence-corrected chi connectivity index (χ1v) is 14.7. The van der Waals surface area contributed by atoms with E-state index in [1.165, 1.54) is 6.07 Å². The third kappa shape index (κ3) is 5.05. The molecule has 1 aromatic heterocycles. The fraction of sp³-hybridized carbons (Fsp3) is 0.500. The molecule has 172 valence electrons. The molecule has 1 aliphatic carbocycles. The van der Waals surface area contributed by atoms with Crippen molar-refractivity contribution in [2.45, 2.75) is 71.6 Å². The number of benzene rings is 1. The minimum absolute atomic E-state index is 0.285. The van der Waals surface area contributed by atoms with Gasteiger partial charge in [0, 0.05) is 31.3 Å². The monoisotopic (exact) mass is 457 g/mol. The zero-order chi connectivity index (χ0) is 23.6. The van der Waals surface area contributed by atoms with Gasteiger partial charge in [0.15, 0.2) is 0 Å². The highest BCUT2D eigenvalue weighted by Gasteiger charge is 2.26. The second-order valence-corrected chi connectivity index (χ2v) is 15.3. The van der Waals surface area contributed by atoms with Crippen LogP contribution in [0.1, 0.15) is 41.6 Å². The summed E-state index contributed by atoms with van der Waals surface area (Å²) in [6, 6.07) is 4.50. The van der Waals surface area contributed by atoms with Gasteiger partial charge in [-0.25, -0.2) is 9.18 Å². The first-order chi connectivity index (χ1) is 15.0. The summed E-state index contributed by atoms with van der Waals surface area (Å²) in [7, 11) is -1.22. The van der Waals surface area contributed by atoms with Gasteiger partial charge in [0.25, 0.3) is 0 Å². The minimum Gasteiger partial charge on any atom is -0.442 e. The fourth-order valence-electron chi connectivity index (χ4n) is 4.27. The zero-order valence-corrected chi connectivity index (χ0v) is 20.5. The Morgan fingerprint density at radius 3 is 2.72 bits per heavy atom. The fourth-order valence-corrected chi connectivity index (χ4v) is 5.02.